The molecule has 0 heterocycles. The van der Waals surface area contributed by atoms with E-state index in [-0.39, 0.29) is 10.5 Å². The lowest BCUT2D eigenvalue weighted by Crippen LogP contribution is -2.33. The largest absolute Gasteiger partial charge is 0.497 e. The number of aryl methyl sites for hydroxylation is 1. The van der Waals surface area contributed by atoms with Gasteiger partial charge >= 0.3 is 5.97 Å². The molecular weight excluding hydrogens is 462 g/mol. The van der Waals surface area contributed by atoms with E-state index < -0.39 is 22.0 Å². The van der Waals surface area contributed by atoms with Crippen LogP contribution in [-0.2, 0) is 14.8 Å². The number of hydrogen-bond acceptors (Lipinski definition) is 5. The number of rotatable bonds is 8. The standard InChI is InChI=1S/C28H25NO5S/c1-19-8-10-22(11-9-19)27(29-35(31,32)26-16-14-24(33-3)15-17-26)20(2)28(30)34-25-13-12-21-6-4-5-7-23(21)18-25/h4-18,27,29H,2H2,1,3H3/t27-/m1/s1. The second-order valence-corrected chi connectivity index (χ2v) is 9.78. The minimum Gasteiger partial charge on any atom is -0.497 e. The smallest absolute Gasteiger partial charge is 0.340 e. The second-order valence-electron chi connectivity index (χ2n) is 8.06. The van der Waals surface area contributed by atoms with Gasteiger partial charge < -0.3 is 9.47 Å². The van der Waals surface area contributed by atoms with Gasteiger partial charge in [-0.25, -0.2) is 13.2 Å². The highest BCUT2D eigenvalue weighted by Crippen LogP contribution is 2.27. The molecule has 4 aromatic carbocycles. The molecule has 0 radical (unpaired) electrons. The summed E-state index contributed by atoms with van der Waals surface area (Å²) in [6.45, 7) is 5.82. The molecule has 0 saturated carbocycles. The van der Waals surface area contributed by atoms with E-state index in [2.05, 4.69) is 11.3 Å². The molecule has 0 unspecified atom stereocenters. The third kappa shape index (κ3) is 5.59. The summed E-state index contributed by atoms with van der Waals surface area (Å²) in [6, 6.07) is 25.1. The number of nitrogens with one attached hydrogen (secondary N) is 1. The molecule has 178 valence electrons. The Kier molecular flexibility index (Phi) is 7.00. The molecule has 1 atom stereocenters. The molecule has 35 heavy (non-hydrogen) atoms. The summed E-state index contributed by atoms with van der Waals surface area (Å²) in [5.74, 6) is 0.140. The minimum absolute atomic E-state index is 0.0334. The predicted molar refractivity (Wildman–Crippen MR) is 136 cm³/mol. The Morgan fingerprint density at radius 3 is 2.14 bits per heavy atom. The predicted octanol–water partition coefficient (Wildman–Crippen LogP) is 5.34. The molecule has 0 aliphatic heterocycles. The number of benzene rings is 4. The first-order valence-corrected chi connectivity index (χ1v) is 12.4. The Balaban J connectivity index is 1.62. The van der Waals surface area contributed by atoms with Crippen LogP contribution in [0.4, 0.5) is 0 Å². The van der Waals surface area contributed by atoms with Gasteiger partial charge in [0.05, 0.1) is 23.6 Å². The van der Waals surface area contributed by atoms with Crippen molar-refractivity contribution < 1.29 is 22.7 Å². The maximum Gasteiger partial charge on any atom is 0.340 e. The van der Waals surface area contributed by atoms with E-state index in [4.69, 9.17) is 9.47 Å². The van der Waals surface area contributed by atoms with Crippen LogP contribution in [0, 0.1) is 6.92 Å². The third-order valence-corrected chi connectivity index (χ3v) is 7.03. The van der Waals surface area contributed by atoms with Crippen molar-refractivity contribution in [3.05, 3.63) is 114 Å². The quantitative estimate of drug-likeness (QED) is 0.206. The van der Waals surface area contributed by atoms with Crippen molar-refractivity contribution in [2.24, 2.45) is 0 Å². The molecule has 0 aliphatic rings. The lowest BCUT2D eigenvalue weighted by molar-refractivity contribution is -0.130. The van der Waals surface area contributed by atoms with Crippen molar-refractivity contribution in [2.75, 3.05) is 7.11 Å². The summed E-state index contributed by atoms with van der Waals surface area (Å²) >= 11 is 0. The summed E-state index contributed by atoms with van der Waals surface area (Å²) in [7, 11) is -2.50. The second kappa shape index (κ2) is 10.1. The van der Waals surface area contributed by atoms with Crippen molar-refractivity contribution in [2.45, 2.75) is 17.9 Å². The van der Waals surface area contributed by atoms with Crippen molar-refractivity contribution in [3.63, 3.8) is 0 Å². The maximum absolute atomic E-state index is 13.2. The SMILES string of the molecule is C=C(C(=O)Oc1ccc2ccccc2c1)[C@@H](NS(=O)(=O)c1ccc(OC)cc1)c1ccc(C)cc1. The molecule has 0 fully saturated rings. The van der Waals surface area contributed by atoms with Crippen LogP contribution in [0.15, 0.2) is 108 Å². The highest BCUT2D eigenvalue weighted by Gasteiger charge is 2.28. The lowest BCUT2D eigenvalue weighted by Gasteiger charge is -2.21. The number of hydrogen-bond donors (Lipinski definition) is 1. The summed E-state index contributed by atoms with van der Waals surface area (Å²) in [4.78, 5) is 13.1. The zero-order chi connectivity index (χ0) is 25.0. The number of fused-ring (bicyclic) bond motifs is 1. The summed E-state index contributed by atoms with van der Waals surface area (Å²) < 4.78 is 39.6. The lowest BCUT2D eigenvalue weighted by atomic mass is 10.00. The zero-order valence-corrected chi connectivity index (χ0v) is 20.2. The molecule has 4 rings (SSSR count). The molecular formula is C28H25NO5S. The average molecular weight is 488 g/mol. The van der Waals surface area contributed by atoms with Crippen molar-refractivity contribution in [1.29, 1.82) is 0 Å². The van der Waals surface area contributed by atoms with Gasteiger partial charge in [-0.1, -0.05) is 66.7 Å². The first kappa shape index (κ1) is 24.2. The molecule has 0 amide bonds. The Bertz CT molecular complexity index is 1480. The number of carbonyl (C=O) groups is 1. The first-order chi connectivity index (χ1) is 16.8. The Labute approximate surface area is 204 Å². The maximum atomic E-state index is 13.2. The fourth-order valence-corrected chi connectivity index (χ4v) is 4.82. The summed E-state index contributed by atoms with van der Waals surface area (Å²) in [5.41, 5.74) is 1.52. The molecule has 1 N–H and O–H groups in total. The van der Waals surface area contributed by atoms with Crippen LogP contribution in [0.5, 0.6) is 11.5 Å². The van der Waals surface area contributed by atoms with Gasteiger partial charge in [0.2, 0.25) is 10.0 Å². The van der Waals surface area contributed by atoms with Gasteiger partial charge in [-0.05, 0) is 59.7 Å². The first-order valence-electron chi connectivity index (χ1n) is 10.9. The van der Waals surface area contributed by atoms with Crippen LogP contribution in [0.3, 0.4) is 0 Å². The van der Waals surface area contributed by atoms with E-state index in [1.54, 1.807) is 36.4 Å². The van der Waals surface area contributed by atoms with Gasteiger partial charge in [-0.2, -0.15) is 4.72 Å². The molecule has 7 heteroatoms. The van der Waals surface area contributed by atoms with Crippen molar-refractivity contribution in [1.82, 2.24) is 4.72 Å². The van der Waals surface area contributed by atoms with Crippen molar-refractivity contribution >= 4 is 26.8 Å². The number of sulfonamides is 1. The van der Waals surface area contributed by atoms with E-state index in [0.29, 0.717) is 17.1 Å². The van der Waals surface area contributed by atoms with Crippen molar-refractivity contribution in [3.8, 4) is 11.5 Å². The Morgan fingerprint density at radius 2 is 1.49 bits per heavy atom. The number of ether oxygens (including phenoxy) is 2. The summed E-state index contributed by atoms with van der Waals surface area (Å²) in [5, 5.41) is 1.93. The van der Waals surface area contributed by atoms with Gasteiger partial charge in [0.15, 0.2) is 0 Å². The van der Waals surface area contributed by atoms with E-state index in [0.717, 1.165) is 16.3 Å². The topological polar surface area (TPSA) is 81.7 Å². The van der Waals surface area contributed by atoms with Gasteiger partial charge in [-0.15, -0.1) is 0 Å². The normalized spacial score (nSPS) is 12.2. The highest BCUT2D eigenvalue weighted by molar-refractivity contribution is 7.89. The van der Waals surface area contributed by atoms with Crippen LogP contribution in [-0.4, -0.2) is 21.5 Å². The molecule has 4 aromatic rings. The van der Waals surface area contributed by atoms with E-state index >= 15 is 0 Å². The zero-order valence-electron chi connectivity index (χ0n) is 19.4. The average Bonchev–Trinajstić information content (AvgIpc) is 2.87. The van der Waals surface area contributed by atoms with E-state index in [9.17, 15) is 13.2 Å². The number of carbonyl (C=O) groups excluding carboxylic acids is 1. The molecule has 0 spiro atoms. The van der Waals surface area contributed by atoms with Gasteiger partial charge in [-0.3, -0.25) is 0 Å². The molecule has 6 nitrogen and oxygen atoms in total. The molecule has 0 aliphatic carbocycles. The van der Waals surface area contributed by atoms with Gasteiger partial charge in [0.1, 0.15) is 11.5 Å². The third-order valence-electron chi connectivity index (χ3n) is 5.60. The fourth-order valence-electron chi connectivity index (χ4n) is 3.60. The van der Waals surface area contributed by atoms with Crippen LogP contribution >= 0.6 is 0 Å². The van der Waals surface area contributed by atoms with Crippen LogP contribution in [0.25, 0.3) is 10.8 Å². The molecule has 0 saturated heterocycles. The van der Waals surface area contributed by atoms with Crippen LogP contribution in [0.1, 0.15) is 17.2 Å². The Morgan fingerprint density at radius 1 is 0.857 bits per heavy atom. The van der Waals surface area contributed by atoms with Crippen LogP contribution < -0.4 is 14.2 Å². The monoisotopic (exact) mass is 487 g/mol. The minimum atomic E-state index is -4.00. The van der Waals surface area contributed by atoms with E-state index in [1.807, 2.05) is 49.4 Å². The number of methoxy groups -OCH3 is 1. The Hall–Kier alpha value is -3.94. The highest BCUT2D eigenvalue weighted by atomic mass is 32.2. The van der Waals surface area contributed by atoms with Gasteiger partial charge in [0.25, 0.3) is 0 Å². The van der Waals surface area contributed by atoms with Crippen LogP contribution in [0.2, 0.25) is 0 Å². The van der Waals surface area contributed by atoms with E-state index in [1.165, 1.54) is 19.2 Å². The number of esters is 1. The fraction of sp³-hybridized carbons (Fsp3) is 0.107. The summed E-state index contributed by atoms with van der Waals surface area (Å²) in [6.07, 6.45) is 0. The van der Waals surface area contributed by atoms with Gasteiger partial charge in [0, 0.05) is 0 Å². The molecule has 0 bridgehead atoms. The molecule has 0 aromatic heterocycles.